The van der Waals surface area contributed by atoms with Crippen LogP contribution in [-0.2, 0) is 0 Å². The fourth-order valence-electron chi connectivity index (χ4n) is 3.02. The van der Waals surface area contributed by atoms with E-state index in [0.717, 1.165) is 0 Å². The van der Waals surface area contributed by atoms with Crippen LogP contribution < -0.4 is 5.32 Å². The van der Waals surface area contributed by atoms with Gasteiger partial charge in [0.25, 0.3) is 0 Å². The predicted octanol–water partition coefficient (Wildman–Crippen LogP) is 3.52. The zero-order chi connectivity index (χ0) is 13.8. The van der Waals surface area contributed by atoms with E-state index in [1.807, 2.05) is 0 Å². The van der Waals surface area contributed by atoms with Gasteiger partial charge in [-0.15, -0.1) is 0 Å². The molecule has 108 valence electrons. The Kier molecular flexibility index (Phi) is 5.67. The second kappa shape index (κ2) is 6.38. The maximum absolute atomic E-state index is 3.49. The minimum Gasteiger partial charge on any atom is -0.316 e. The van der Waals surface area contributed by atoms with E-state index < -0.39 is 0 Å². The fraction of sp³-hybridized carbons (Fsp3) is 1.00. The van der Waals surface area contributed by atoms with Crippen LogP contribution in [-0.4, -0.2) is 37.6 Å². The van der Waals surface area contributed by atoms with Crippen molar-refractivity contribution < 1.29 is 0 Å². The molecule has 1 aliphatic rings. The van der Waals surface area contributed by atoms with Gasteiger partial charge in [0, 0.05) is 6.04 Å². The van der Waals surface area contributed by atoms with Crippen molar-refractivity contribution in [1.82, 2.24) is 10.2 Å². The fourth-order valence-corrected chi connectivity index (χ4v) is 3.02. The summed E-state index contributed by atoms with van der Waals surface area (Å²) in [6.07, 6.45) is 5.37. The molecule has 1 saturated heterocycles. The van der Waals surface area contributed by atoms with Crippen LogP contribution in [0.5, 0.6) is 0 Å². The molecule has 0 aromatic rings. The van der Waals surface area contributed by atoms with Gasteiger partial charge in [0.1, 0.15) is 0 Å². The summed E-state index contributed by atoms with van der Waals surface area (Å²) in [5, 5.41) is 3.49. The topological polar surface area (TPSA) is 15.3 Å². The van der Waals surface area contributed by atoms with E-state index in [1.165, 1.54) is 45.3 Å². The zero-order valence-electron chi connectivity index (χ0n) is 13.5. The Bertz CT molecular complexity index is 240. The van der Waals surface area contributed by atoms with Crippen LogP contribution in [0.4, 0.5) is 0 Å². The normalized spacial score (nSPS) is 23.7. The summed E-state index contributed by atoms with van der Waals surface area (Å²) in [4.78, 5) is 2.67. The molecule has 2 nitrogen and oxygen atoms in total. The molecule has 2 heteroatoms. The van der Waals surface area contributed by atoms with Gasteiger partial charge in [-0.2, -0.15) is 0 Å². The monoisotopic (exact) mass is 254 g/mol. The molecule has 1 aliphatic heterocycles. The Labute approximate surface area is 115 Å². The molecule has 0 amide bonds. The number of nitrogens with one attached hydrogen (secondary N) is 1. The summed E-state index contributed by atoms with van der Waals surface area (Å²) in [6.45, 7) is 15.7. The SMILES string of the molecule is CNC(CCN1CCCC(C)(C)CC1)C(C)(C)C. The number of hydrogen-bond donors (Lipinski definition) is 1. The van der Waals surface area contributed by atoms with Crippen LogP contribution in [0.3, 0.4) is 0 Å². The summed E-state index contributed by atoms with van der Waals surface area (Å²) >= 11 is 0. The summed E-state index contributed by atoms with van der Waals surface area (Å²) < 4.78 is 0. The van der Waals surface area contributed by atoms with E-state index in [1.54, 1.807) is 0 Å². The van der Waals surface area contributed by atoms with Crippen LogP contribution >= 0.6 is 0 Å². The second-order valence-electron chi connectivity index (χ2n) is 7.86. The van der Waals surface area contributed by atoms with E-state index in [0.29, 0.717) is 16.9 Å². The predicted molar refractivity (Wildman–Crippen MR) is 81.0 cm³/mol. The molecule has 1 atom stereocenters. The Balaban J connectivity index is 2.39. The van der Waals surface area contributed by atoms with Crippen LogP contribution in [0, 0.1) is 10.8 Å². The highest BCUT2D eigenvalue weighted by atomic mass is 15.1. The molecule has 1 fully saturated rings. The molecule has 0 aromatic carbocycles. The van der Waals surface area contributed by atoms with Crippen LogP contribution in [0.25, 0.3) is 0 Å². The second-order valence-corrected chi connectivity index (χ2v) is 7.86. The van der Waals surface area contributed by atoms with Gasteiger partial charge < -0.3 is 10.2 Å². The molecule has 0 spiro atoms. The molecule has 18 heavy (non-hydrogen) atoms. The van der Waals surface area contributed by atoms with Gasteiger partial charge in [0.05, 0.1) is 0 Å². The molecule has 1 unspecified atom stereocenters. The molecule has 1 N–H and O–H groups in total. The number of likely N-dealkylation sites (tertiary alicyclic amines) is 1. The van der Waals surface area contributed by atoms with Crippen molar-refractivity contribution in [2.45, 2.75) is 66.3 Å². The van der Waals surface area contributed by atoms with E-state index in [9.17, 15) is 0 Å². The lowest BCUT2D eigenvalue weighted by Crippen LogP contribution is -2.41. The third kappa shape index (κ3) is 5.27. The molecule has 1 rings (SSSR count). The first-order chi connectivity index (χ1) is 8.24. The van der Waals surface area contributed by atoms with Crippen molar-refractivity contribution >= 4 is 0 Å². The minimum atomic E-state index is 0.361. The third-order valence-electron chi connectivity index (χ3n) is 4.56. The summed E-state index contributed by atoms with van der Waals surface area (Å²) in [5.41, 5.74) is 0.918. The smallest absolute Gasteiger partial charge is 0.0125 e. The van der Waals surface area contributed by atoms with Gasteiger partial charge in [-0.05, 0) is 63.2 Å². The highest BCUT2D eigenvalue weighted by molar-refractivity contribution is 4.82. The summed E-state index contributed by atoms with van der Waals surface area (Å²) in [7, 11) is 2.10. The largest absolute Gasteiger partial charge is 0.316 e. The first-order valence-corrected chi connectivity index (χ1v) is 7.64. The maximum Gasteiger partial charge on any atom is 0.0125 e. The first-order valence-electron chi connectivity index (χ1n) is 7.64. The van der Waals surface area contributed by atoms with Crippen LogP contribution in [0.1, 0.15) is 60.3 Å². The molecule has 0 bridgehead atoms. The number of rotatable bonds is 4. The van der Waals surface area contributed by atoms with Gasteiger partial charge in [-0.25, -0.2) is 0 Å². The van der Waals surface area contributed by atoms with E-state index in [4.69, 9.17) is 0 Å². The minimum absolute atomic E-state index is 0.361. The summed E-state index contributed by atoms with van der Waals surface area (Å²) in [5.74, 6) is 0. The summed E-state index contributed by atoms with van der Waals surface area (Å²) in [6, 6.07) is 0.619. The third-order valence-corrected chi connectivity index (χ3v) is 4.56. The molecule has 0 saturated carbocycles. The van der Waals surface area contributed by atoms with E-state index >= 15 is 0 Å². The number of hydrogen-bond acceptors (Lipinski definition) is 2. The van der Waals surface area contributed by atoms with Crippen molar-refractivity contribution in [2.24, 2.45) is 10.8 Å². The average molecular weight is 254 g/mol. The number of nitrogens with zero attached hydrogens (tertiary/aromatic N) is 1. The highest BCUT2D eigenvalue weighted by Gasteiger charge is 2.26. The van der Waals surface area contributed by atoms with Crippen molar-refractivity contribution in [3.63, 3.8) is 0 Å². The Morgan fingerprint density at radius 1 is 1.17 bits per heavy atom. The van der Waals surface area contributed by atoms with Crippen molar-refractivity contribution in [1.29, 1.82) is 0 Å². The molecule has 0 aromatic heterocycles. The van der Waals surface area contributed by atoms with Gasteiger partial charge in [-0.1, -0.05) is 34.6 Å². The lowest BCUT2D eigenvalue weighted by Gasteiger charge is -2.32. The van der Waals surface area contributed by atoms with E-state index in [2.05, 4.69) is 51.9 Å². The Morgan fingerprint density at radius 3 is 2.39 bits per heavy atom. The lowest BCUT2D eigenvalue weighted by atomic mass is 9.84. The van der Waals surface area contributed by atoms with Gasteiger partial charge in [0.15, 0.2) is 0 Å². The standard InChI is InChI=1S/C16H34N2/c1-15(2,3)14(17-6)8-12-18-11-7-9-16(4,5)10-13-18/h14,17H,7-13H2,1-6H3. The van der Waals surface area contributed by atoms with E-state index in [-0.39, 0.29) is 0 Å². The molecule has 1 heterocycles. The Hall–Kier alpha value is -0.0800. The molecular weight excluding hydrogens is 220 g/mol. The maximum atomic E-state index is 3.49. The van der Waals surface area contributed by atoms with Crippen LogP contribution in [0.15, 0.2) is 0 Å². The highest BCUT2D eigenvalue weighted by Crippen LogP contribution is 2.30. The van der Waals surface area contributed by atoms with Gasteiger partial charge in [-0.3, -0.25) is 0 Å². The van der Waals surface area contributed by atoms with Crippen molar-refractivity contribution in [2.75, 3.05) is 26.7 Å². The van der Waals surface area contributed by atoms with Gasteiger partial charge >= 0.3 is 0 Å². The Morgan fingerprint density at radius 2 is 1.83 bits per heavy atom. The van der Waals surface area contributed by atoms with Crippen molar-refractivity contribution in [3.05, 3.63) is 0 Å². The first kappa shape index (κ1) is 16.0. The quantitative estimate of drug-likeness (QED) is 0.826. The molecule has 0 radical (unpaired) electrons. The average Bonchev–Trinajstić information content (AvgIpc) is 2.39. The zero-order valence-corrected chi connectivity index (χ0v) is 13.5. The molecular formula is C16H34N2. The van der Waals surface area contributed by atoms with Crippen molar-refractivity contribution in [3.8, 4) is 0 Å². The van der Waals surface area contributed by atoms with Gasteiger partial charge in [0.2, 0.25) is 0 Å². The lowest BCUT2D eigenvalue weighted by molar-refractivity contribution is 0.208. The van der Waals surface area contributed by atoms with Crippen LogP contribution in [0.2, 0.25) is 0 Å². The molecule has 0 aliphatic carbocycles.